The Morgan fingerprint density at radius 2 is 2.12 bits per heavy atom. The summed E-state index contributed by atoms with van der Waals surface area (Å²) in [5, 5.41) is 8.26. The number of hydrogen-bond donors (Lipinski definition) is 1. The van der Waals surface area contributed by atoms with Gasteiger partial charge in [0, 0.05) is 14.1 Å². The first-order valence-electron chi connectivity index (χ1n) is 2.19. The molecule has 0 aromatic rings. The van der Waals surface area contributed by atoms with Gasteiger partial charge in [-0.1, -0.05) is 0 Å². The van der Waals surface area contributed by atoms with Gasteiger partial charge in [-0.25, -0.2) is 0 Å². The van der Waals surface area contributed by atoms with Crippen LogP contribution in [0.3, 0.4) is 0 Å². The number of likely N-dealkylation sites (N-methyl/N-ethyl adjacent to an activating group) is 1. The minimum absolute atomic E-state index is 0.269. The van der Waals surface area contributed by atoms with Gasteiger partial charge in [0.05, 0.1) is 0 Å². The van der Waals surface area contributed by atoms with Crippen LogP contribution in [0.2, 0.25) is 0 Å². The summed E-state index contributed by atoms with van der Waals surface area (Å²) in [5.41, 5.74) is 0.269. The van der Waals surface area contributed by atoms with E-state index in [0.29, 0.717) is 6.29 Å². The summed E-state index contributed by atoms with van der Waals surface area (Å²) in [6.07, 6.45) is 1.35. The number of allylic oxidation sites excluding steroid dienone is 1. The maximum absolute atomic E-state index is 9.91. The summed E-state index contributed by atoms with van der Waals surface area (Å²) in [6, 6.07) is 0. The molecule has 0 heterocycles. The van der Waals surface area contributed by atoms with Gasteiger partial charge in [0.1, 0.15) is 12.0 Å². The highest BCUT2D eigenvalue weighted by Crippen LogP contribution is 1.88. The molecule has 46 valence electrons. The van der Waals surface area contributed by atoms with E-state index < -0.39 is 0 Å². The number of carbonyl (C=O) groups excluding carboxylic acids is 1. The average molecular weight is 115 g/mol. The van der Waals surface area contributed by atoms with Crippen molar-refractivity contribution < 1.29 is 9.90 Å². The van der Waals surface area contributed by atoms with Crippen molar-refractivity contribution in [2.75, 3.05) is 14.1 Å². The van der Waals surface area contributed by atoms with Gasteiger partial charge in [-0.15, -0.1) is 0 Å². The molecule has 3 nitrogen and oxygen atoms in total. The minimum atomic E-state index is 0.269. The third-order valence-electron chi connectivity index (χ3n) is 0.769. The molecule has 0 aromatic carbocycles. The van der Waals surface area contributed by atoms with Crippen LogP contribution in [0.4, 0.5) is 0 Å². The number of rotatable bonds is 2. The zero-order valence-corrected chi connectivity index (χ0v) is 4.96. The number of carbonyl (C=O) groups is 1. The summed E-state index contributed by atoms with van der Waals surface area (Å²) < 4.78 is 0. The highest BCUT2D eigenvalue weighted by molar-refractivity contribution is 5.71. The molecule has 0 spiro atoms. The van der Waals surface area contributed by atoms with Gasteiger partial charge in [0.2, 0.25) is 0 Å². The second-order valence-electron chi connectivity index (χ2n) is 1.57. The number of aliphatic hydroxyl groups is 1. The molecule has 0 radical (unpaired) electrons. The van der Waals surface area contributed by atoms with E-state index in [2.05, 4.69) is 0 Å². The quantitative estimate of drug-likeness (QED) is 0.316. The monoisotopic (exact) mass is 115 g/mol. The predicted molar refractivity (Wildman–Crippen MR) is 30.5 cm³/mol. The number of aldehydes is 1. The molecule has 0 saturated carbocycles. The van der Waals surface area contributed by atoms with E-state index in [1.54, 1.807) is 14.1 Å². The molecular weight excluding hydrogens is 106 g/mol. The fourth-order valence-corrected chi connectivity index (χ4v) is 0.251. The standard InChI is InChI=1S/C5H9NO2/c1-6(2)5(3-7)4-8/h3-4,7H,1-2H3/b5-3-. The molecule has 0 fully saturated rings. The van der Waals surface area contributed by atoms with Crippen molar-refractivity contribution in [3.8, 4) is 0 Å². The topological polar surface area (TPSA) is 40.5 Å². The van der Waals surface area contributed by atoms with Crippen molar-refractivity contribution in [1.82, 2.24) is 4.90 Å². The summed E-state index contributed by atoms with van der Waals surface area (Å²) in [7, 11) is 3.35. The summed E-state index contributed by atoms with van der Waals surface area (Å²) >= 11 is 0. The van der Waals surface area contributed by atoms with Crippen LogP contribution in [-0.2, 0) is 4.79 Å². The van der Waals surface area contributed by atoms with Crippen LogP contribution in [0.25, 0.3) is 0 Å². The van der Waals surface area contributed by atoms with Crippen LogP contribution in [-0.4, -0.2) is 30.4 Å². The molecule has 0 bridgehead atoms. The highest BCUT2D eigenvalue weighted by atomic mass is 16.2. The molecule has 3 heteroatoms. The third kappa shape index (κ3) is 1.64. The molecule has 0 aliphatic carbocycles. The summed E-state index contributed by atoms with van der Waals surface area (Å²) in [6.45, 7) is 0. The SMILES string of the molecule is CN(C)/C(C=O)=C\O. The van der Waals surface area contributed by atoms with Gasteiger partial charge >= 0.3 is 0 Å². The van der Waals surface area contributed by atoms with Gasteiger partial charge in [-0.05, 0) is 0 Å². The first kappa shape index (κ1) is 7.01. The Morgan fingerprint density at radius 3 is 2.12 bits per heavy atom. The molecule has 0 atom stereocenters. The molecule has 0 unspecified atom stereocenters. The fourth-order valence-electron chi connectivity index (χ4n) is 0.251. The van der Waals surface area contributed by atoms with Gasteiger partial charge in [-0.2, -0.15) is 0 Å². The zero-order valence-electron chi connectivity index (χ0n) is 4.96. The van der Waals surface area contributed by atoms with Gasteiger partial charge in [0.15, 0.2) is 6.29 Å². The summed E-state index contributed by atoms with van der Waals surface area (Å²) in [4.78, 5) is 11.4. The van der Waals surface area contributed by atoms with Crippen LogP contribution in [0, 0.1) is 0 Å². The van der Waals surface area contributed by atoms with E-state index in [0.717, 1.165) is 6.26 Å². The first-order chi connectivity index (χ1) is 3.72. The Kier molecular flexibility index (Phi) is 2.69. The van der Waals surface area contributed by atoms with Gasteiger partial charge in [-0.3, -0.25) is 4.79 Å². The Labute approximate surface area is 48.2 Å². The number of hydrogen-bond acceptors (Lipinski definition) is 3. The zero-order chi connectivity index (χ0) is 6.57. The fraction of sp³-hybridized carbons (Fsp3) is 0.400. The Hall–Kier alpha value is -0.990. The molecule has 0 rings (SSSR count). The largest absolute Gasteiger partial charge is 0.513 e. The van der Waals surface area contributed by atoms with E-state index in [4.69, 9.17) is 5.11 Å². The number of aliphatic hydroxyl groups excluding tert-OH is 1. The molecule has 0 aliphatic rings. The van der Waals surface area contributed by atoms with E-state index in [1.807, 2.05) is 0 Å². The lowest BCUT2D eigenvalue weighted by Crippen LogP contribution is -2.11. The molecule has 0 aliphatic heterocycles. The van der Waals surface area contributed by atoms with Gasteiger partial charge < -0.3 is 10.0 Å². The van der Waals surface area contributed by atoms with E-state index in [1.165, 1.54) is 4.90 Å². The normalized spacial score (nSPS) is 11.0. The van der Waals surface area contributed by atoms with E-state index >= 15 is 0 Å². The molecule has 8 heavy (non-hydrogen) atoms. The Bertz CT molecular complexity index is 107. The maximum Gasteiger partial charge on any atom is 0.169 e. The van der Waals surface area contributed by atoms with E-state index in [9.17, 15) is 4.79 Å². The van der Waals surface area contributed by atoms with Crippen molar-refractivity contribution in [2.45, 2.75) is 0 Å². The van der Waals surface area contributed by atoms with Crippen molar-refractivity contribution in [1.29, 1.82) is 0 Å². The first-order valence-corrected chi connectivity index (χ1v) is 2.19. The second kappa shape index (κ2) is 3.07. The van der Waals surface area contributed by atoms with Crippen LogP contribution in [0.15, 0.2) is 12.0 Å². The average Bonchev–Trinajstić information content (AvgIpc) is 1.69. The third-order valence-corrected chi connectivity index (χ3v) is 0.769. The molecule has 0 aromatic heterocycles. The second-order valence-corrected chi connectivity index (χ2v) is 1.57. The van der Waals surface area contributed by atoms with Crippen molar-refractivity contribution in [2.24, 2.45) is 0 Å². The lowest BCUT2D eigenvalue weighted by molar-refractivity contribution is -0.106. The maximum atomic E-state index is 9.91. The smallest absolute Gasteiger partial charge is 0.169 e. The van der Waals surface area contributed by atoms with Crippen LogP contribution in [0.5, 0.6) is 0 Å². The Balaban J connectivity index is 3.91. The van der Waals surface area contributed by atoms with Crippen molar-refractivity contribution in [3.63, 3.8) is 0 Å². The van der Waals surface area contributed by atoms with Crippen molar-refractivity contribution >= 4 is 6.29 Å². The lowest BCUT2D eigenvalue weighted by Gasteiger charge is -2.07. The number of nitrogens with zero attached hydrogens (tertiary/aromatic N) is 1. The van der Waals surface area contributed by atoms with Gasteiger partial charge in [0.25, 0.3) is 0 Å². The summed E-state index contributed by atoms with van der Waals surface area (Å²) in [5.74, 6) is 0. The van der Waals surface area contributed by atoms with Crippen LogP contribution in [0.1, 0.15) is 0 Å². The Morgan fingerprint density at radius 1 is 1.62 bits per heavy atom. The lowest BCUT2D eigenvalue weighted by atomic mass is 10.5. The van der Waals surface area contributed by atoms with Crippen molar-refractivity contribution in [3.05, 3.63) is 12.0 Å². The highest BCUT2D eigenvalue weighted by Gasteiger charge is 1.93. The van der Waals surface area contributed by atoms with Crippen LogP contribution >= 0.6 is 0 Å². The molecule has 0 saturated heterocycles. The molecular formula is C5H9NO2. The van der Waals surface area contributed by atoms with Crippen LogP contribution < -0.4 is 0 Å². The van der Waals surface area contributed by atoms with E-state index in [-0.39, 0.29) is 5.70 Å². The minimum Gasteiger partial charge on any atom is -0.513 e. The molecule has 1 N–H and O–H groups in total. The predicted octanol–water partition coefficient (Wildman–Crippen LogP) is 0.146. The molecule has 0 amide bonds.